The van der Waals surface area contributed by atoms with E-state index in [0.29, 0.717) is 12.4 Å². The van der Waals surface area contributed by atoms with Crippen LogP contribution in [0.15, 0.2) is 5.16 Å². The highest BCUT2D eigenvalue weighted by molar-refractivity contribution is 5.81. The molecule has 0 aliphatic carbocycles. The molecule has 1 rings (SSSR count). The molecule has 0 aromatic rings. The maximum Gasteiger partial charge on any atom is 0.153 e. The first-order chi connectivity index (χ1) is 6.26. The summed E-state index contributed by atoms with van der Waals surface area (Å²) in [4.78, 5) is 2.24. The lowest BCUT2D eigenvalue weighted by molar-refractivity contribution is 0.200. The summed E-state index contributed by atoms with van der Waals surface area (Å²) in [6.07, 6.45) is 3.77. The molecule has 4 nitrogen and oxygen atoms in total. The van der Waals surface area contributed by atoms with E-state index < -0.39 is 0 Å². The molecule has 1 aliphatic rings. The Balaban J connectivity index is 2.25. The molecule has 1 fully saturated rings. The molecule has 76 valence electrons. The van der Waals surface area contributed by atoms with Gasteiger partial charge < -0.3 is 10.9 Å². The van der Waals surface area contributed by atoms with Gasteiger partial charge in [0.1, 0.15) is 0 Å². The van der Waals surface area contributed by atoms with Crippen molar-refractivity contribution in [2.45, 2.75) is 26.2 Å². The average molecular weight is 185 g/mol. The van der Waals surface area contributed by atoms with Crippen LogP contribution in [0.25, 0.3) is 0 Å². The second-order valence-corrected chi connectivity index (χ2v) is 3.72. The van der Waals surface area contributed by atoms with Crippen molar-refractivity contribution in [2.24, 2.45) is 16.8 Å². The van der Waals surface area contributed by atoms with Crippen LogP contribution in [0.1, 0.15) is 26.2 Å². The number of likely N-dealkylation sites (tertiary alicyclic amines) is 1. The first kappa shape index (κ1) is 10.3. The van der Waals surface area contributed by atoms with Gasteiger partial charge in [0, 0.05) is 0 Å². The first-order valence-corrected chi connectivity index (χ1v) is 4.95. The average Bonchev–Trinajstić information content (AvgIpc) is 2.19. The van der Waals surface area contributed by atoms with Gasteiger partial charge in [-0.15, -0.1) is 0 Å². The molecule has 0 atom stereocenters. The number of rotatable bonds is 3. The second-order valence-electron chi connectivity index (χ2n) is 3.72. The fraction of sp³-hybridized carbons (Fsp3) is 0.889. The number of hydrogen-bond acceptors (Lipinski definition) is 3. The van der Waals surface area contributed by atoms with Crippen molar-refractivity contribution in [3.63, 3.8) is 0 Å². The summed E-state index contributed by atoms with van der Waals surface area (Å²) in [5, 5.41) is 11.4. The zero-order chi connectivity index (χ0) is 9.68. The van der Waals surface area contributed by atoms with E-state index >= 15 is 0 Å². The van der Waals surface area contributed by atoms with E-state index in [9.17, 15) is 0 Å². The molecular formula is C9H19N3O. The summed E-state index contributed by atoms with van der Waals surface area (Å²) in [6.45, 7) is 5.00. The lowest BCUT2D eigenvalue weighted by atomic mass is 9.94. The minimum absolute atomic E-state index is 0.315. The fourth-order valence-electron chi connectivity index (χ4n) is 1.81. The van der Waals surface area contributed by atoms with Crippen molar-refractivity contribution >= 4 is 5.84 Å². The molecule has 4 heteroatoms. The van der Waals surface area contributed by atoms with Crippen LogP contribution in [-0.4, -0.2) is 35.6 Å². The fourth-order valence-corrected chi connectivity index (χ4v) is 1.81. The number of nitrogens with zero attached hydrogens (tertiary/aromatic N) is 2. The lowest BCUT2D eigenvalue weighted by Crippen LogP contribution is -2.39. The molecule has 0 amide bonds. The van der Waals surface area contributed by atoms with Gasteiger partial charge in [-0.05, 0) is 31.8 Å². The quantitative estimate of drug-likeness (QED) is 0.296. The highest BCUT2D eigenvalue weighted by atomic mass is 16.4. The SMILES string of the molecule is CCC1CCN(C/C(N)=N/O)CC1. The second kappa shape index (κ2) is 5.07. The van der Waals surface area contributed by atoms with E-state index in [1.807, 2.05) is 0 Å². The topological polar surface area (TPSA) is 61.8 Å². The monoisotopic (exact) mass is 185 g/mol. The summed E-state index contributed by atoms with van der Waals surface area (Å²) < 4.78 is 0. The highest BCUT2D eigenvalue weighted by Gasteiger charge is 2.17. The van der Waals surface area contributed by atoms with Crippen LogP contribution in [0.4, 0.5) is 0 Å². The van der Waals surface area contributed by atoms with Gasteiger partial charge in [0.25, 0.3) is 0 Å². The van der Waals surface area contributed by atoms with Crippen molar-refractivity contribution in [1.82, 2.24) is 4.90 Å². The van der Waals surface area contributed by atoms with Crippen molar-refractivity contribution in [3.8, 4) is 0 Å². The maximum absolute atomic E-state index is 8.40. The third-order valence-electron chi connectivity index (χ3n) is 2.80. The largest absolute Gasteiger partial charge is 0.409 e. The Morgan fingerprint density at radius 3 is 2.62 bits per heavy atom. The predicted molar refractivity (Wildman–Crippen MR) is 52.9 cm³/mol. The van der Waals surface area contributed by atoms with Crippen LogP contribution in [-0.2, 0) is 0 Å². The Hall–Kier alpha value is -0.770. The van der Waals surface area contributed by atoms with Gasteiger partial charge in [0.2, 0.25) is 0 Å². The van der Waals surface area contributed by atoms with E-state index in [2.05, 4.69) is 17.0 Å². The van der Waals surface area contributed by atoms with Crippen LogP contribution < -0.4 is 5.73 Å². The Bertz CT molecular complexity index is 174. The maximum atomic E-state index is 8.40. The summed E-state index contributed by atoms with van der Waals surface area (Å²) >= 11 is 0. The van der Waals surface area contributed by atoms with Gasteiger partial charge >= 0.3 is 0 Å². The standard InChI is InChI=1S/C9H19N3O/c1-2-8-3-5-12(6-4-8)7-9(10)11-13/h8,13H,2-7H2,1H3,(H2,10,11). The van der Waals surface area contributed by atoms with Crippen LogP contribution in [0.3, 0.4) is 0 Å². The van der Waals surface area contributed by atoms with Crippen molar-refractivity contribution in [1.29, 1.82) is 0 Å². The van der Waals surface area contributed by atoms with Crippen molar-refractivity contribution < 1.29 is 5.21 Å². The normalized spacial score (nSPS) is 22.1. The molecular weight excluding hydrogens is 166 g/mol. The Kier molecular flexibility index (Phi) is 4.02. The third-order valence-corrected chi connectivity index (χ3v) is 2.80. The number of amidine groups is 1. The molecule has 1 heterocycles. The summed E-state index contributed by atoms with van der Waals surface area (Å²) in [5.41, 5.74) is 5.43. The molecule has 13 heavy (non-hydrogen) atoms. The highest BCUT2D eigenvalue weighted by Crippen LogP contribution is 2.19. The van der Waals surface area contributed by atoms with E-state index in [0.717, 1.165) is 19.0 Å². The molecule has 0 aromatic carbocycles. The summed E-state index contributed by atoms with van der Waals surface area (Å²) in [6, 6.07) is 0. The minimum atomic E-state index is 0.315. The van der Waals surface area contributed by atoms with Gasteiger partial charge in [-0.25, -0.2) is 0 Å². The summed E-state index contributed by atoms with van der Waals surface area (Å²) in [7, 11) is 0. The van der Waals surface area contributed by atoms with Gasteiger partial charge in [0.05, 0.1) is 6.54 Å². The first-order valence-electron chi connectivity index (χ1n) is 4.95. The molecule has 0 unspecified atom stereocenters. The van der Waals surface area contributed by atoms with Gasteiger partial charge in [-0.3, -0.25) is 4.90 Å². The van der Waals surface area contributed by atoms with E-state index in [4.69, 9.17) is 10.9 Å². The number of piperidine rings is 1. The molecule has 1 aliphatic heterocycles. The molecule has 0 bridgehead atoms. The van der Waals surface area contributed by atoms with Crippen LogP contribution in [0.2, 0.25) is 0 Å². The van der Waals surface area contributed by atoms with Crippen LogP contribution in [0, 0.1) is 5.92 Å². The molecule has 0 saturated carbocycles. The molecule has 0 spiro atoms. The summed E-state index contributed by atoms with van der Waals surface area (Å²) in [5.74, 6) is 1.19. The Labute approximate surface area is 79.4 Å². The van der Waals surface area contributed by atoms with E-state index in [1.165, 1.54) is 19.3 Å². The molecule has 0 radical (unpaired) electrons. The minimum Gasteiger partial charge on any atom is -0.409 e. The third kappa shape index (κ3) is 3.22. The zero-order valence-corrected chi connectivity index (χ0v) is 8.24. The van der Waals surface area contributed by atoms with Crippen LogP contribution >= 0.6 is 0 Å². The van der Waals surface area contributed by atoms with Crippen LogP contribution in [0.5, 0.6) is 0 Å². The Morgan fingerprint density at radius 1 is 1.54 bits per heavy atom. The Morgan fingerprint density at radius 2 is 2.15 bits per heavy atom. The molecule has 0 aromatic heterocycles. The number of nitrogens with two attached hydrogens (primary N) is 1. The van der Waals surface area contributed by atoms with Gasteiger partial charge in [-0.2, -0.15) is 0 Å². The van der Waals surface area contributed by atoms with Gasteiger partial charge in [0.15, 0.2) is 5.84 Å². The zero-order valence-electron chi connectivity index (χ0n) is 8.24. The van der Waals surface area contributed by atoms with Crippen molar-refractivity contribution in [3.05, 3.63) is 0 Å². The van der Waals surface area contributed by atoms with Crippen molar-refractivity contribution in [2.75, 3.05) is 19.6 Å². The van der Waals surface area contributed by atoms with Gasteiger partial charge in [-0.1, -0.05) is 18.5 Å². The molecule has 1 saturated heterocycles. The number of oxime groups is 1. The van der Waals surface area contributed by atoms with E-state index in [1.54, 1.807) is 0 Å². The molecule has 3 N–H and O–H groups in total. The number of hydrogen-bond donors (Lipinski definition) is 2. The van der Waals surface area contributed by atoms with E-state index in [-0.39, 0.29) is 0 Å². The lowest BCUT2D eigenvalue weighted by Gasteiger charge is -2.30. The predicted octanol–water partition coefficient (Wildman–Crippen LogP) is 0.855. The smallest absolute Gasteiger partial charge is 0.153 e.